The Morgan fingerprint density at radius 2 is 1.94 bits per heavy atom. The second-order valence-corrected chi connectivity index (χ2v) is 5.30. The Labute approximate surface area is 98.7 Å². The molecule has 0 aromatic carbocycles. The number of hydrogen-bond acceptors (Lipinski definition) is 2. The maximum atomic E-state index is 9.48. The fourth-order valence-electron chi connectivity index (χ4n) is 2.99. The number of rotatable bonds is 3. The Morgan fingerprint density at radius 3 is 2.50 bits per heavy atom. The van der Waals surface area contributed by atoms with Crippen LogP contribution in [-0.4, -0.2) is 23.9 Å². The van der Waals surface area contributed by atoms with Crippen LogP contribution in [0.3, 0.4) is 0 Å². The van der Waals surface area contributed by atoms with Gasteiger partial charge in [0, 0.05) is 0 Å². The molecule has 1 heterocycles. The topological polar surface area (TPSA) is 29.5 Å². The summed E-state index contributed by atoms with van der Waals surface area (Å²) in [5.41, 5.74) is 1.24. The molecule has 2 heteroatoms. The highest BCUT2D eigenvalue weighted by molar-refractivity contribution is 5.11. The minimum absolute atomic E-state index is 0.221. The maximum Gasteiger partial charge on any atom is 0.0763 e. The standard InChI is InChI=1S/C14H24O2/c1-11-7-8-14(16-11)9-13(10-15)12-5-3-2-4-6-12/h9,11-12,14-15H,2-8,10H2,1H3/b13-9-. The summed E-state index contributed by atoms with van der Waals surface area (Å²) in [6, 6.07) is 0. The molecule has 0 spiro atoms. The lowest BCUT2D eigenvalue weighted by Crippen LogP contribution is -2.15. The van der Waals surface area contributed by atoms with E-state index in [1.807, 2.05) is 0 Å². The molecule has 2 fully saturated rings. The van der Waals surface area contributed by atoms with Gasteiger partial charge >= 0.3 is 0 Å². The summed E-state index contributed by atoms with van der Waals surface area (Å²) in [6.45, 7) is 2.35. The minimum Gasteiger partial charge on any atom is -0.392 e. The summed E-state index contributed by atoms with van der Waals surface area (Å²) in [5.74, 6) is 0.623. The Kier molecular flexibility index (Phi) is 4.42. The molecule has 2 rings (SSSR count). The molecular formula is C14H24O2. The van der Waals surface area contributed by atoms with Crippen LogP contribution in [0.1, 0.15) is 51.9 Å². The van der Waals surface area contributed by atoms with Crippen molar-refractivity contribution in [3.63, 3.8) is 0 Å². The Morgan fingerprint density at radius 1 is 1.19 bits per heavy atom. The van der Waals surface area contributed by atoms with Crippen LogP contribution in [0.2, 0.25) is 0 Å². The first-order valence-electron chi connectivity index (χ1n) is 6.76. The molecule has 2 unspecified atom stereocenters. The molecule has 0 aromatic rings. The van der Waals surface area contributed by atoms with Crippen molar-refractivity contribution in [3.8, 4) is 0 Å². The fourth-order valence-corrected chi connectivity index (χ4v) is 2.99. The zero-order chi connectivity index (χ0) is 11.4. The maximum absolute atomic E-state index is 9.48. The van der Waals surface area contributed by atoms with Crippen LogP contribution < -0.4 is 0 Å². The molecule has 0 radical (unpaired) electrons. The van der Waals surface area contributed by atoms with Crippen LogP contribution in [0.25, 0.3) is 0 Å². The van der Waals surface area contributed by atoms with E-state index in [9.17, 15) is 5.11 Å². The molecule has 2 nitrogen and oxygen atoms in total. The first-order chi connectivity index (χ1) is 7.79. The van der Waals surface area contributed by atoms with Gasteiger partial charge in [-0.1, -0.05) is 25.3 Å². The van der Waals surface area contributed by atoms with Gasteiger partial charge in [0.05, 0.1) is 18.8 Å². The molecule has 1 aliphatic carbocycles. The summed E-state index contributed by atoms with van der Waals surface area (Å²) in [5, 5.41) is 9.48. The molecule has 0 bridgehead atoms. The van der Waals surface area contributed by atoms with Crippen molar-refractivity contribution < 1.29 is 9.84 Å². The second kappa shape index (κ2) is 5.83. The summed E-state index contributed by atoms with van der Waals surface area (Å²) >= 11 is 0. The van der Waals surface area contributed by atoms with Crippen molar-refractivity contribution in [2.45, 2.75) is 64.1 Å². The van der Waals surface area contributed by atoms with Crippen molar-refractivity contribution in [1.29, 1.82) is 0 Å². The third kappa shape index (κ3) is 3.08. The van der Waals surface area contributed by atoms with Crippen molar-refractivity contribution in [1.82, 2.24) is 0 Å². The predicted octanol–water partition coefficient (Wildman–Crippen LogP) is 3.05. The normalized spacial score (nSPS) is 33.2. The average molecular weight is 224 g/mol. The van der Waals surface area contributed by atoms with Crippen molar-refractivity contribution in [2.24, 2.45) is 5.92 Å². The van der Waals surface area contributed by atoms with Crippen molar-refractivity contribution in [2.75, 3.05) is 6.61 Å². The molecule has 0 aromatic heterocycles. The van der Waals surface area contributed by atoms with Gasteiger partial charge in [-0.25, -0.2) is 0 Å². The Hall–Kier alpha value is -0.340. The minimum atomic E-state index is 0.221. The molecule has 0 amide bonds. The van der Waals surface area contributed by atoms with Gasteiger partial charge in [-0.15, -0.1) is 0 Å². The second-order valence-electron chi connectivity index (χ2n) is 5.30. The average Bonchev–Trinajstić information content (AvgIpc) is 2.73. The van der Waals surface area contributed by atoms with E-state index in [-0.39, 0.29) is 12.7 Å². The number of hydrogen-bond donors (Lipinski definition) is 1. The van der Waals surface area contributed by atoms with E-state index in [1.54, 1.807) is 0 Å². The number of ether oxygens (including phenoxy) is 1. The van der Waals surface area contributed by atoms with Crippen LogP contribution in [0.5, 0.6) is 0 Å². The van der Waals surface area contributed by atoms with Gasteiger partial charge in [-0.2, -0.15) is 0 Å². The molecule has 1 N–H and O–H groups in total. The highest BCUT2D eigenvalue weighted by atomic mass is 16.5. The molecule has 16 heavy (non-hydrogen) atoms. The highest BCUT2D eigenvalue weighted by Crippen LogP contribution is 2.31. The van der Waals surface area contributed by atoms with Gasteiger partial charge < -0.3 is 9.84 Å². The molecular weight excluding hydrogens is 200 g/mol. The van der Waals surface area contributed by atoms with Gasteiger partial charge in [-0.3, -0.25) is 0 Å². The first kappa shape index (κ1) is 12.1. The zero-order valence-corrected chi connectivity index (χ0v) is 10.3. The van der Waals surface area contributed by atoms with Gasteiger partial charge in [0.1, 0.15) is 0 Å². The third-order valence-electron chi connectivity index (χ3n) is 3.98. The lowest BCUT2D eigenvalue weighted by atomic mass is 9.83. The summed E-state index contributed by atoms with van der Waals surface area (Å²) in [4.78, 5) is 0. The lowest BCUT2D eigenvalue weighted by molar-refractivity contribution is 0.0818. The summed E-state index contributed by atoms with van der Waals surface area (Å²) in [7, 11) is 0. The van der Waals surface area contributed by atoms with Crippen LogP contribution in [0.15, 0.2) is 11.6 Å². The molecule has 1 saturated heterocycles. The Balaban J connectivity index is 1.94. The van der Waals surface area contributed by atoms with Crippen LogP contribution in [-0.2, 0) is 4.74 Å². The zero-order valence-electron chi connectivity index (χ0n) is 10.3. The monoisotopic (exact) mass is 224 g/mol. The SMILES string of the molecule is CC1CCC(/C=C(/CO)C2CCCCC2)O1. The highest BCUT2D eigenvalue weighted by Gasteiger charge is 2.23. The van der Waals surface area contributed by atoms with Crippen LogP contribution in [0, 0.1) is 5.92 Å². The van der Waals surface area contributed by atoms with Gasteiger partial charge in [-0.05, 0) is 44.1 Å². The lowest BCUT2D eigenvalue weighted by Gasteiger charge is -2.24. The first-order valence-corrected chi connectivity index (χ1v) is 6.76. The van der Waals surface area contributed by atoms with E-state index in [2.05, 4.69) is 13.0 Å². The van der Waals surface area contributed by atoms with Crippen LogP contribution >= 0.6 is 0 Å². The molecule has 2 aliphatic rings. The largest absolute Gasteiger partial charge is 0.392 e. The number of aliphatic hydroxyl groups is 1. The smallest absolute Gasteiger partial charge is 0.0763 e. The van der Waals surface area contributed by atoms with Crippen molar-refractivity contribution in [3.05, 3.63) is 11.6 Å². The predicted molar refractivity (Wildman–Crippen MR) is 65.3 cm³/mol. The van der Waals surface area contributed by atoms with E-state index >= 15 is 0 Å². The quantitative estimate of drug-likeness (QED) is 0.747. The van der Waals surface area contributed by atoms with E-state index < -0.39 is 0 Å². The molecule has 2 atom stereocenters. The summed E-state index contributed by atoms with van der Waals surface area (Å²) < 4.78 is 5.80. The van der Waals surface area contributed by atoms with Gasteiger partial charge in [0.2, 0.25) is 0 Å². The summed E-state index contributed by atoms with van der Waals surface area (Å²) in [6.07, 6.45) is 11.7. The van der Waals surface area contributed by atoms with E-state index in [0.717, 1.165) is 12.8 Å². The van der Waals surface area contributed by atoms with Crippen LogP contribution in [0.4, 0.5) is 0 Å². The van der Waals surface area contributed by atoms with Crippen molar-refractivity contribution >= 4 is 0 Å². The molecule has 1 aliphatic heterocycles. The van der Waals surface area contributed by atoms with E-state index in [0.29, 0.717) is 12.0 Å². The Bertz CT molecular complexity index is 241. The van der Waals surface area contributed by atoms with Gasteiger partial charge in [0.15, 0.2) is 0 Å². The molecule has 1 saturated carbocycles. The van der Waals surface area contributed by atoms with E-state index in [1.165, 1.54) is 37.7 Å². The van der Waals surface area contributed by atoms with E-state index in [4.69, 9.17) is 4.74 Å². The van der Waals surface area contributed by atoms with Gasteiger partial charge in [0.25, 0.3) is 0 Å². The molecule has 92 valence electrons. The number of aliphatic hydroxyl groups excluding tert-OH is 1. The fraction of sp³-hybridized carbons (Fsp3) is 0.857. The third-order valence-corrected chi connectivity index (χ3v) is 3.98.